The molecule has 2 aromatic rings. The van der Waals surface area contributed by atoms with Crippen molar-refractivity contribution in [2.24, 2.45) is 0 Å². The average Bonchev–Trinajstić information content (AvgIpc) is 2.91. The maximum Gasteiger partial charge on any atom is 0.321 e. The Labute approximate surface area is 176 Å². The predicted molar refractivity (Wildman–Crippen MR) is 104 cm³/mol. The van der Waals surface area contributed by atoms with Crippen molar-refractivity contribution in [1.82, 2.24) is 9.62 Å². The van der Waals surface area contributed by atoms with E-state index in [4.69, 9.17) is 27.9 Å². The van der Waals surface area contributed by atoms with Crippen LogP contribution in [0.15, 0.2) is 47.4 Å². The van der Waals surface area contributed by atoms with Gasteiger partial charge in [-0.05, 0) is 24.3 Å². The molecule has 152 valence electrons. The molecule has 0 unspecified atom stereocenters. The first kappa shape index (κ1) is 21.3. The topological polar surface area (TPSA) is 110 Å². The highest BCUT2D eigenvalue weighted by Crippen LogP contribution is 2.28. The quantitative estimate of drug-likeness (QED) is 0.504. The Morgan fingerprint density at radius 3 is 2.07 bits per heavy atom. The summed E-state index contributed by atoms with van der Waals surface area (Å²) in [6, 6.07) is 10.5. The van der Waals surface area contributed by atoms with Crippen molar-refractivity contribution >= 4 is 51.0 Å². The molecule has 0 spiro atoms. The molecule has 0 aliphatic carbocycles. The van der Waals surface area contributed by atoms with Crippen molar-refractivity contribution in [2.45, 2.75) is 4.90 Å². The summed E-state index contributed by atoms with van der Waals surface area (Å²) in [5.41, 5.74) is 0.571. The molecule has 0 saturated carbocycles. The van der Waals surface area contributed by atoms with E-state index in [0.29, 0.717) is 0 Å². The van der Waals surface area contributed by atoms with E-state index in [1.165, 1.54) is 30.3 Å². The summed E-state index contributed by atoms with van der Waals surface area (Å²) in [7, 11) is -4.14. The molecule has 0 radical (unpaired) electrons. The van der Waals surface area contributed by atoms with Crippen LogP contribution < -0.4 is 4.72 Å². The molecule has 0 atom stereocenters. The monoisotopic (exact) mass is 456 g/mol. The molecular formula is C18H14Cl2N2O6S. The molecule has 29 heavy (non-hydrogen) atoms. The second-order valence-corrected chi connectivity index (χ2v) is 8.42. The second kappa shape index (κ2) is 8.50. The number of carbonyl (C=O) groups excluding carboxylic acids is 3. The standard InChI is InChI=1S/C18H14Cl2N2O6S/c19-13-6-3-7-14(20)16(13)29(26,27)21-10-15(23)28-9-8-22-17(24)11-4-1-2-5-12(11)18(22)25/h1-7,21H,8-10H2. The number of sulfonamides is 1. The fourth-order valence-corrected chi connectivity index (χ4v) is 4.82. The van der Waals surface area contributed by atoms with Gasteiger partial charge in [-0.1, -0.05) is 41.4 Å². The Kier molecular flexibility index (Phi) is 6.23. The number of hydrogen-bond donors (Lipinski definition) is 1. The number of hydrogen-bond acceptors (Lipinski definition) is 6. The normalized spacial score (nSPS) is 13.5. The number of ether oxygens (including phenoxy) is 1. The summed E-state index contributed by atoms with van der Waals surface area (Å²) >= 11 is 11.7. The summed E-state index contributed by atoms with van der Waals surface area (Å²) in [6.07, 6.45) is 0. The van der Waals surface area contributed by atoms with Crippen molar-refractivity contribution < 1.29 is 27.5 Å². The van der Waals surface area contributed by atoms with Gasteiger partial charge in [-0.15, -0.1) is 0 Å². The third-order valence-corrected chi connectivity index (χ3v) is 6.41. The molecule has 11 heteroatoms. The van der Waals surface area contributed by atoms with Gasteiger partial charge in [0.25, 0.3) is 11.8 Å². The van der Waals surface area contributed by atoms with E-state index >= 15 is 0 Å². The number of imide groups is 1. The van der Waals surface area contributed by atoms with Gasteiger partial charge in [0.15, 0.2) is 0 Å². The minimum absolute atomic E-state index is 0.0935. The lowest BCUT2D eigenvalue weighted by atomic mass is 10.1. The van der Waals surface area contributed by atoms with E-state index in [0.717, 1.165) is 4.90 Å². The number of fused-ring (bicyclic) bond motifs is 1. The molecule has 3 rings (SSSR count). The van der Waals surface area contributed by atoms with Gasteiger partial charge in [-0.25, -0.2) is 8.42 Å². The highest BCUT2D eigenvalue weighted by atomic mass is 35.5. The lowest BCUT2D eigenvalue weighted by Crippen LogP contribution is -2.35. The lowest BCUT2D eigenvalue weighted by molar-refractivity contribution is -0.142. The Bertz CT molecular complexity index is 1050. The molecule has 1 aliphatic rings. The van der Waals surface area contributed by atoms with Gasteiger partial charge in [0.2, 0.25) is 10.0 Å². The van der Waals surface area contributed by atoms with Crippen LogP contribution in [-0.2, 0) is 19.6 Å². The zero-order valence-corrected chi connectivity index (χ0v) is 17.1. The van der Waals surface area contributed by atoms with E-state index in [-0.39, 0.29) is 39.2 Å². The van der Waals surface area contributed by atoms with E-state index < -0.39 is 34.4 Å². The first-order chi connectivity index (χ1) is 13.7. The molecule has 0 bridgehead atoms. The minimum atomic E-state index is -4.14. The van der Waals surface area contributed by atoms with Crippen LogP contribution in [0.2, 0.25) is 10.0 Å². The lowest BCUT2D eigenvalue weighted by Gasteiger charge is -2.14. The molecule has 0 saturated heterocycles. The van der Waals surface area contributed by atoms with E-state index in [9.17, 15) is 22.8 Å². The van der Waals surface area contributed by atoms with Crippen LogP contribution in [0, 0.1) is 0 Å². The number of esters is 1. The Morgan fingerprint density at radius 2 is 1.52 bits per heavy atom. The molecular weight excluding hydrogens is 443 g/mol. The molecule has 1 heterocycles. The van der Waals surface area contributed by atoms with Crippen LogP contribution in [-0.4, -0.2) is 50.8 Å². The van der Waals surface area contributed by atoms with Gasteiger partial charge in [0.05, 0.1) is 27.7 Å². The fraction of sp³-hybridized carbons (Fsp3) is 0.167. The summed E-state index contributed by atoms with van der Waals surface area (Å²) in [6.45, 7) is -1.11. The van der Waals surface area contributed by atoms with Crippen LogP contribution in [0.4, 0.5) is 0 Å². The van der Waals surface area contributed by atoms with Crippen LogP contribution in [0.3, 0.4) is 0 Å². The maximum atomic E-state index is 12.3. The summed E-state index contributed by atoms with van der Waals surface area (Å²) in [5.74, 6) is -1.85. The number of nitrogens with one attached hydrogen (secondary N) is 1. The van der Waals surface area contributed by atoms with Crippen LogP contribution in [0.25, 0.3) is 0 Å². The molecule has 8 nitrogen and oxygen atoms in total. The number of carbonyl (C=O) groups is 3. The molecule has 2 amide bonds. The Hall–Kier alpha value is -2.46. The number of amides is 2. The zero-order chi connectivity index (χ0) is 21.2. The van der Waals surface area contributed by atoms with Crippen LogP contribution in [0.5, 0.6) is 0 Å². The first-order valence-electron chi connectivity index (χ1n) is 8.27. The summed E-state index contributed by atoms with van der Waals surface area (Å²) in [4.78, 5) is 36.9. The van der Waals surface area contributed by atoms with Gasteiger partial charge < -0.3 is 4.74 Å². The summed E-state index contributed by atoms with van der Waals surface area (Å²) < 4.78 is 31.5. The molecule has 1 aliphatic heterocycles. The van der Waals surface area contributed by atoms with Gasteiger partial charge >= 0.3 is 5.97 Å². The minimum Gasteiger partial charge on any atom is -0.463 e. The van der Waals surface area contributed by atoms with Crippen LogP contribution in [0.1, 0.15) is 20.7 Å². The van der Waals surface area contributed by atoms with Crippen LogP contribution >= 0.6 is 23.2 Å². The van der Waals surface area contributed by atoms with Crippen molar-refractivity contribution in [2.75, 3.05) is 19.7 Å². The third kappa shape index (κ3) is 4.43. The van der Waals surface area contributed by atoms with Gasteiger partial charge in [0.1, 0.15) is 18.0 Å². The molecule has 0 aromatic heterocycles. The Morgan fingerprint density at radius 1 is 0.966 bits per heavy atom. The highest BCUT2D eigenvalue weighted by molar-refractivity contribution is 7.89. The number of nitrogens with zero attached hydrogens (tertiary/aromatic N) is 1. The highest BCUT2D eigenvalue weighted by Gasteiger charge is 2.34. The largest absolute Gasteiger partial charge is 0.463 e. The van der Waals surface area contributed by atoms with E-state index in [2.05, 4.69) is 0 Å². The zero-order valence-electron chi connectivity index (χ0n) is 14.7. The molecule has 2 aromatic carbocycles. The number of halogens is 2. The first-order valence-corrected chi connectivity index (χ1v) is 10.5. The predicted octanol–water partition coefficient (Wildman–Crippen LogP) is 2.11. The molecule has 1 N–H and O–H groups in total. The van der Waals surface area contributed by atoms with E-state index in [1.54, 1.807) is 12.1 Å². The third-order valence-electron chi connectivity index (χ3n) is 4.05. The van der Waals surface area contributed by atoms with Crippen molar-refractivity contribution in [3.8, 4) is 0 Å². The van der Waals surface area contributed by atoms with Gasteiger partial charge in [-0.3, -0.25) is 19.3 Å². The van der Waals surface area contributed by atoms with Crippen molar-refractivity contribution in [3.63, 3.8) is 0 Å². The SMILES string of the molecule is O=C(CNS(=O)(=O)c1c(Cl)cccc1Cl)OCCN1C(=O)c2ccccc2C1=O. The summed E-state index contributed by atoms with van der Waals surface area (Å²) in [5, 5.41) is -0.187. The average molecular weight is 457 g/mol. The van der Waals surface area contributed by atoms with Gasteiger partial charge in [-0.2, -0.15) is 4.72 Å². The number of rotatable bonds is 7. The second-order valence-electron chi connectivity index (χ2n) is 5.90. The molecule has 0 fully saturated rings. The van der Waals surface area contributed by atoms with Crippen molar-refractivity contribution in [1.29, 1.82) is 0 Å². The Balaban J connectivity index is 1.52. The van der Waals surface area contributed by atoms with Gasteiger partial charge in [0, 0.05) is 0 Å². The smallest absolute Gasteiger partial charge is 0.321 e. The van der Waals surface area contributed by atoms with Crippen molar-refractivity contribution in [3.05, 3.63) is 63.6 Å². The number of benzene rings is 2. The fourth-order valence-electron chi connectivity index (χ4n) is 2.71. The maximum absolute atomic E-state index is 12.3. The van der Waals surface area contributed by atoms with E-state index in [1.807, 2.05) is 4.72 Å².